The molecular weight excluding hydrogens is 538 g/mol. The highest BCUT2D eigenvalue weighted by atomic mass is 16.5. The average Bonchev–Trinajstić information content (AvgIpc) is 3.39. The van der Waals surface area contributed by atoms with Gasteiger partial charge in [-0.25, -0.2) is 10.6 Å². The van der Waals surface area contributed by atoms with E-state index in [0.29, 0.717) is 13.5 Å². The van der Waals surface area contributed by atoms with Crippen molar-refractivity contribution in [2.45, 2.75) is 17.2 Å². The summed E-state index contributed by atoms with van der Waals surface area (Å²) in [5.41, 5.74) is 13.5. The van der Waals surface area contributed by atoms with Gasteiger partial charge in [0.2, 0.25) is 6.20 Å². The quantitative estimate of drug-likeness (QED) is 0.276. The van der Waals surface area contributed by atoms with Gasteiger partial charge >= 0.3 is 11.5 Å². The van der Waals surface area contributed by atoms with Crippen molar-refractivity contribution in [2.75, 3.05) is 37.4 Å². The molecule has 0 radical (unpaired) electrons. The van der Waals surface area contributed by atoms with E-state index in [-0.39, 0.29) is 5.92 Å². The highest BCUT2D eigenvalue weighted by Crippen LogP contribution is 2.65. The third kappa shape index (κ3) is 1.94. The summed E-state index contributed by atoms with van der Waals surface area (Å²) in [6.45, 7) is 0.786. The number of ether oxygens (including phenoxy) is 2. The van der Waals surface area contributed by atoms with Gasteiger partial charge in [-0.1, -0.05) is 24.3 Å². The largest absolute Gasteiger partial charge is 0.477 e. The van der Waals surface area contributed by atoms with Gasteiger partial charge in [0.05, 0.1) is 33.9 Å². The van der Waals surface area contributed by atoms with E-state index in [1.54, 1.807) is 0 Å². The number of nitrogens with one attached hydrogen (secondary N) is 2. The molecule has 3 unspecified atom stereocenters. The SMILES string of the molecule is CN1c2cccc3c2C2(NCO3)c3c1ccc1c3C3c4c-1ccc1c4C4(NCOc5cccc(c54)N1C)[n+]1ncc[n+]2c13. The van der Waals surface area contributed by atoms with Crippen LogP contribution in [0.1, 0.15) is 45.1 Å². The summed E-state index contributed by atoms with van der Waals surface area (Å²) in [7, 11) is 4.35. The second-order valence-electron chi connectivity index (χ2n) is 12.5. The number of nitrogens with zero attached hydrogens (tertiary/aromatic N) is 5. The molecule has 3 atom stereocenters. The molecule has 0 saturated heterocycles. The first-order valence-corrected chi connectivity index (χ1v) is 14.9. The average molecular weight is 564 g/mol. The smallest absolute Gasteiger partial charge is 0.459 e. The van der Waals surface area contributed by atoms with Crippen molar-refractivity contribution < 1.29 is 18.7 Å². The Bertz CT molecular complexity index is 2080. The van der Waals surface area contributed by atoms with Crippen molar-refractivity contribution in [2.24, 2.45) is 0 Å². The normalized spacial score (nSPS) is 25.8. The summed E-state index contributed by atoms with van der Waals surface area (Å²) in [5.74, 6) is 2.98. The zero-order chi connectivity index (χ0) is 28.0. The standard InChI is InChI=1S/C34H25N7O2/c1-38-19-5-3-7-23-28(19)33(35-15-42-23)30-21(38)11-9-17-18-10-12-22-31-26(18)27(25(17)30)32-40(33)14-13-37-41(32)34(31)29-20(39(22)2)6-4-8-24(29)43-16-36-34/h3-14,27,35-36H,15-16H2,1-2H3/q+2. The second-order valence-corrected chi connectivity index (χ2v) is 12.5. The van der Waals surface area contributed by atoms with Crippen LogP contribution in [0.5, 0.6) is 11.5 Å². The number of hydrogen-bond donors (Lipinski definition) is 2. The molecule has 5 aromatic rings. The predicted molar refractivity (Wildman–Crippen MR) is 156 cm³/mol. The fourth-order valence-corrected chi connectivity index (χ4v) is 9.69. The van der Waals surface area contributed by atoms with E-state index in [4.69, 9.17) is 14.6 Å². The van der Waals surface area contributed by atoms with Gasteiger partial charge in [0, 0.05) is 23.9 Å². The van der Waals surface area contributed by atoms with Crippen LogP contribution in [-0.4, -0.2) is 32.7 Å². The number of hydrogen-bond acceptors (Lipinski definition) is 7. The zero-order valence-electron chi connectivity index (χ0n) is 23.5. The van der Waals surface area contributed by atoms with Crippen molar-refractivity contribution >= 4 is 22.7 Å². The number of aromatic nitrogens is 3. The van der Waals surface area contributed by atoms with Gasteiger partial charge in [0.25, 0.3) is 5.66 Å². The van der Waals surface area contributed by atoms with Gasteiger partial charge in [-0.3, -0.25) is 0 Å². The fraction of sp³-hybridized carbons (Fsp3) is 0.206. The molecular formula is C34H25N7O2+2. The number of rotatable bonds is 0. The third-order valence-corrected chi connectivity index (χ3v) is 11.1. The highest BCUT2D eigenvalue weighted by Gasteiger charge is 2.73. The Balaban J connectivity index is 1.34. The number of benzene rings is 4. The van der Waals surface area contributed by atoms with Gasteiger partial charge in [-0.2, -0.15) is 0 Å². The molecule has 1 aliphatic carbocycles. The zero-order valence-corrected chi connectivity index (χ0v) is 23.5. The fourth-order valence-electron chi connectivity index (χ4n) is 9.69. The molecule has 7 heterocycles. The molecule has 0 amide bonds. The van der Waals surface area contributed by atoms with Crippen LogP contribution in [0.15, 0.2) is 73.1 Å². The summed E-state index contributed by atoms with van der Waals surface area (Å²) in [4.78, 5) is 4.66. The number of fused-ring (bicyclic) bond motifs is 1. The van der Waals surface area contributed by atoms with Crippen molar-refractivity contribution in [3.8, 4) is 22.6 Å². The Morgan fingerprint density at radius 1 is 0.721 bits per heavy atom. The maximum Gasteiger partial charge on any atom is 0.459 e. The van der Waals surface area contributed by atoms with Crippen LogP contribution >= 0.6 is 0 Å². The van der Waals surface area contributed by atoms with Gasteiger partial charge < -0.3 is 19.3 Å². The lowest BCUT2D eigenvalue weighted by atomic mass is 9.70. The monoisotopic (exact) mass is 563 g/mol. The third-order valence-electron chi connectivity index (χ3n) is 11.1. The van der Waals surface area contributed by atoms with E-state index in [1.165, 1.54) is 44.8 Å². The first-order valence-electron chi connectivity index (χ1n) is 14.9. The molecule has 0 bridgehead atoms. The lowest BCUT2D eigenvalue weighted by Crippen LogP contribution is -2.82. The molecule has 2 N–H and O–H groups in total. The minimum absolute atomic E-state index is 0.0263. The van der Waals surface area contributed by atoms with E-state index in [2.05, 4.69) is 111 Å². The first kappa shape index (κ1) is 21.7. The summed E-state index contributed by atoms with van der Waals surface area (Å²) in [6.07, 6.45) is 4.13. The minimum atomic E-state index is -0.732. The van der Waals surface area contributed by atoms with E-state index >= 15 is 0 Å². The second kappa shape index (κ2) is 6.49. The summed E-state index contributed by atoms with van der Waals surface area (Å²) in [6, 6.07) is 22.1. The first-order chi connectivity index (χ1) is 21.2. The van der Waals surface area contributed by atoms with Crippen LogP contribution in [-0.2, 0) is 11.3 Å². The van der Waals surface area contributed by atoms with E-state index in [0.717, 1.165) is 39.8 Å². The van der Waals surface area contributed by atoms with Crippen LogP contribution in [0.2, 0.25) is 0 Å². The molecule has 1 aromatic heterocycles. The molecule has 206 valence electrons. The van der Waals surface area contributed by atoms with Gasteiger partial charge in [0.1, 0.15) is 36.1 Å². The molecule has 2 spiro atoms. The van der Waals surface area contributed by atoms with Crippen molar-refractivity contribution in [3.05, 3.63) is 112 Å². The van der Waals surface area contributed by atoms with Crippen molar-refractivity contribution in [1.29, 1.82) is 0 Å². The lowest BCUT2D eigenvalue weighted by molar-refractivity contribution is -0.914. The summed E-state index contributed by atoms with van der Waals surface area (Å²) < 4.78 is 17.3. The maximum atomic E-state index is 6.30. The van der Waals surface area contributed by atoms with Gasteiger partial charge in [0.15, 0.2) is 12.1 Å². The van der Waals surface area contributed by atoms with Gasteiger partial charge in [-0.05, 0) is 58.7 Å². The minimum Gasteiger partial charge on any atom is -0.477 e. The summed E-state index contributed by atoms with van der Waals surface area (Å²) >= 11 is 0. The molecule has 6 aliphatic heterocycles. The van der Waals surface area contributed by atoms with Crippen molar-refractivity contribution in [3.63, 3.8) is 0 Å². The van der Waals surface area contributed by atoms with Crippen LogP contribution in [0, 0.1) is 0 Å². The summed E-state index contributed by atoms with van der Waals surface area (Å²) in [5, 5.41) is 13.0. The van der Waals surface area contributed by atoms with E-state index < -0.39 is 11.3 Å². The van der Waals surface area contributed by atoms with Gasteiger partial charge in [-0.15, -0.1) is 4.57 Å². The molecule has 9 heteroatoms. The highest BCUT2D eigenvalue weighted by molar-refractivity contribution is 5.94. The van der Waals surface area contributed by atoms with E-state index in [1.807, 2.05) is 6.20 Å². The Morgan fingerprint density at radius 3 is 1.93 bits per heavy atom. The van der Waals surface area contributed by atoms with Crippen LogP contribution in [0.4, 0.5) is 22.7 Å². The molecule has 4 aromatic carbocycles. The Hall–Kier alpha value is -4.99. The van der Waals surface area contributed by atoms with Crippen LogP contribution in [0.25, 0.3) is 11.1 Å². The predicted octanol–water partition coefficient (Wildman–Crippen LogP) is 2.98. The Morgan fingerprint density at radius 2 is 1.28 bits per heavy atom. The molecule has 0 saturated carbocycles. The molecule has 12 rings (SSSR count). The maximum absolute atomic E-state index is 6.30. The lowest BCUT2D eigenvalue weighted by Gasteiger charge is -2.48. The molecule has 43 heavy (non-hydrogen) atoms. The van der Waals surface area contributed by atoms with Crippen LogP contribution < -0.4 is 39.2 Å². The molecule has 7 aliphatic rings. The van der Waals surface area contributed by atoms with E-state index in [9.17, 15) is 0 Å². The topological polar surface area (TPSA) is 69.7 Å². The number of anilines is 4. The Labute approximate surface area is 246 Å². The van der Waals surface area contributed by atoms with Crippen LogP contribution in [0.3, 0.4) is 0 Å². The van der Waals surface area contributed by atoms with Crippen molar-refractivity contribution in [1.82, 2.24) is 15.7 Å². The Kier molecular flexibility index (Phi) is 3.27. The molecule has 9 nitrogen and oxygen atoms in total. The molecule has 0 fully saturated rings.